The number of allylic oxidation sites excluding steroid dienone is 17. The van der Waals surface area contributed by atoms with E-state index in [1.165, 1.54) is 0 Å². The third kappa shape index (κ3) is 39.2. The molecule has 8 nitrogen and oxygen atoms in total. The fraction of sp³-hybridized carbons (Fsp3) is 0.587. The Morgan fingerprint density at radius 3 is 1.58 bits per heavy atom. The van der Waals surface area contributed by atoms with Gasteiger partial charge in [-0.3, -0.25) is 9.36 Å². The van der Waals surface area contributed by atoms with E-state index in [0.717, 1.165) is 96.3 Å². The average molecular weight is 785 g/mol. The molecule has 55 heavy (non-hydrogen) atoms. The van der Waals surface area contributed by atoms with Crippen molar-refractivity contribution in [2.24, 2.45) is 0 Å². The highest BCUT2D eigenvalue weighted by atomic mass is 31.2. The normalized spacial score (nSPS) is 15.5. The zero-order valence-corrected chi connectivity index (χ0v) is 36.0. The zero-order valence-electron chi connectivity index (χ0n) is 35.1. The number of phosphoric acid groups is 1. The number of amides is 1. The number of quaternary nitrogens is 1. The maximum atomic E-state index is 12.7. The number of carbonyl (C=O) groups excluding carboxylic acids is 1. The molecule has 9 heteroatoms. The van der Waals surface area contributed by atoms with Crippen molar-refractivity contribution in [3.05, 3.63) is 109 Å². The van der Waals surface area contributed by atoms with Gasteiger partial charge in [-0.05, 0) is 83.5 Å². The Bertz CT molecular complexity index is 1260. The van der Waals surface area contributed by atoms with Crippen LogP contribution in [0.1, 0.15) is 123 Å². The molecule has 0 bridgehead atoms. The van der Waals surface area contributed by atoms with Crippen LogP contribution in [0.3, 0.4) is 0 Å². The van der Waals surface area contributed by atoms with E-state index in [4.69, 9.17) is 9.05 Å². The molecule has 312 valence electrons. The number of rotatable bonds is 35. The monoisotopic (exact) mass is 785 g/mol. The molecule has 3 atom stereocenters. The van der Waals surface area contributed by atoms with Crippen LogP contribution in [-0.4, -0.2) is 68.5 Å². The fourth-order valence-corrected chi connectivity index (χ4v) is 5.65. The summed E-state index contributed by atoms with van der Waals surface area (Å²) in [7, 11) is 1.20. The van der Waals surface area contributed by atoms with Crippen molar-refractivity contribution in [1.82, 2.24) is 5.32 Å². The molecule has 0 rings (SSSR count). The Hall–Kier alpha value is -2.84. The maximum Gasteiger partial charge on any atom is 0.268 e. The molecule has 0 aliphatic heterocycles. The molecule has 0 fully saturated rings. The summed E-state index contributed by atoms with van der Waals surface area (Å²) >= 11 is 0. The van der Waals surface area contributed by atoms with Crippen molar-refractivity contribution in [2.45, 2.75) is 135 Å². The first kappa shape index (κ1) is 52.2. The number of hydrogen-bond acceptors (Lipinski definition) is 6. The van der Waals surface area contributed by atoms with Gasteiger partial charge in [-0.25, -0.2) is 0 Å². The minimum absolute atomic E-state index is 0.0173. The van der Waals surface area contributed by atoms with Crippen molar-refractivity contribution < 1.29 is 32.9 Å². The van der Waals surface area contributed by atoms with Crippen LogP contribution in [0.4, 0.5) is 0 Å². The second-order valence-corrected chi connectivity index (χ2v) is 16.0. The van der Waals surface area contributed by atoms with Crippen LogP contribution >= 0.6 is 7.82 Å². The zero-order chi connectivity index (χ0) is 40.7. The van der Waals surface area contributed by atoms with Crippen LogP contribution < -0.4 is 10.2 Å². The summed E-state index contributed by atoms with van der Waals surface area (Å²) in [6.45, 7) is 4.36. The molecule has 0 spiro atoms. The highest BCUT2D eigenvalue weighted by Crippen LogP contribution is 2.38. The van der Waals surface area contributed by atoms with Gasteiger partial charge in [0.1, 0.15) is 13.2 Å². The smallest absolute Gasteiger partial charge is 0.268 e. The predicted molar refractivity (Wildman–Crippen MR) is 232 cm³/mol. The molecule has 0 aromatic rings. The number of unbranched alkanes of at least 4 members (excludes halogenated alkanes) is 6. The molecule has 1 amide bonds. The molecule has 0 aromatic heterocycles. The number of nitrogens with zero attached hydrogens (tertiary/aromatic N) is 1. The van der Waals surface area contributed by atoms with Crippen LogP contribution in [0, 0.1) is 0 Å². The van der Waals surface area contributed by atoms with Gasteiger partial charge >= 0.3 is 0 Å². The first-order chi connectivity index (χ1) is 26.5. The molecular formula is C46H77N2O6P. The van der Waals surface area contributed by atoms with E-state index in [1.807, 2.05) is 27.2 Å². The Morgan fingerprint density at radius 2 is 1.11 bits per heavy atom. The number of carbonyl (C=O) groups is 1. The van der Waals surface area contributed by atoms with Gasteiger partial charge in [-0.15, -0.1) is 0 Å². The van der Waals surface area contributed by atoms with E-state index in [9.17, 15) is 19.4 Å². The molecule has 0 radical (unpaired) electrons. The Balaban J connectivity index is 4.32. The Labute approximate surface area is 336 Å². The van der Waals surface area contributed by atoms with Crippen LogP contribution in [0.2, 0.25) is 0 Å². The first-order valence-electron chi connectivity index (χ1n) is 20.7. The number of nitrogens with one attached hydrogen (secondary N) is 1. The van der Waals surface area contributed by atoms with Crippen LogP contribution in [0.25, 0.3) is 0 Å². The van der Waals surface area contributed by atoms with E-state index >= 15 is 0 Å². The lowest BCUT2D eigenvalue weighted by Gasteiger charge is -2.29. The van der Waals surface area contributed by atoms with Crippen molar-refractivity contribution in [2.75, 3.05) is 40.9 Å². The second kappa shape index (κ2) is 36.8. The van der Waals surface area contributed by atoms with Crippen molar-refractivity contribution in [3.63, 3.8) is 0 Å². The van der Waals surface area contributed by atoms with Crippen LogP contribution in [0.15, 0.2) is 109 Å². The van der Waals surface area contributed by atoms with Gasteiger partial charge in [0.25, 0.3) is 7.82 Å². The fourth-order valence-electron chi connectivity index (χ4n) is 4.93. The number of hydrogen-bond donors (Lipinski definition) is 2. The molecule has 0 saturated carbocycles. The standard InChI is InChI=1S/C46H77N2O6P/c1-6-8-10-12-14-15-16-17-18-19-20-21-22-23-24-25-26-27-28-29-30-31-32-33-34-36-38-40-46(50)47-44(45(49)39-37-35-13-11-9-7-2)43-54-55(51,52)53-42-41-48(3,4)5/h8,10,14-15,17-18,20-21,23-24,26-27,29-30,32-33,37,39,44-45,49H,6-7,9,11-13,16,19,22,25,28,31,34-36,38,40-43H2,1-5H3,(H-,47,50,51,52)/b10-8-,15-14-,18-17-,21-20-,24-23-,27-26-,30-29-,33-32-,39-37+. The number of aliphatic hydroxyl groups excluding tert-OH is 1. The van der Waals surface area contributed by atoms with Crippen LogP contribution in [-0.2, 0) is 18.4 Å². The Morgan fingerprint density at radius 1 is 0.655 bits per heavy atom. The van der Waals surface area contributed by atoms with Gasteiger partial charge in [0.15, 0.2) is 0 Å². The lowest BCUT2D eigenvalue weighted by molar-refractivity contribution is -0.870. The lowest BCUT2D eigenvalue weighted by atomic mass is 10.1. The van der Waals surface area contributed by atoms with E-state index in [1.54, 1.807) is 6.08 Å². The van der Waals surface area contributed by atoms with Crippen molar-refractivity contribution >= 4 is 13.7 Å². The predicted octanol–water partition coefficient (Wildman–Crippen LogP) is 10.7. The molecule has 2 N–H and O–H groups in total. The molecular weight excluding hydrogens is 707 g/mol. The highest BCUT2D eigenvalue weighted by Gasteiger charge is 2.23. The number of phosphoric ester groups is 1. The summed E-state index contributed by atoms with van der Waals surface area (Å²) in [4.78, 5) is 25.1. The van der Waals surface area contributed by atoms with Gasteiger partial charge < -0.3 is 28.8 Å². The summed E-state index contributed by atoms with van der Waals surface area (Å²) in [6, 6.07) is -0.914. The Kier molecular flexibility index (Phi) is 34.9. The molecule has 3 unspecified atom stereocenters. The maximum absolute atomic E-state index is 12.7. The molecule has 0 saturated heterocycles. The van der Waals surface area contributed by atoms with Gasteiger partial charge in [0, 0.05) is 6.42 Å². The third-order valence-electron chi connectivity index (χ3n) is 8.24. The van der Waals surface area contributed by atoms with Crippen molar-refractivity contribution in [1.29, 1.82) is 0 Å². The van der Waals surface area contributed by atoms with E-state index < -0.39 is 26.6 Å². The highest BCUT2D eigenvalue weighted by molar-refractivity contribution is 7.45. The van der Waals surface area contributed by atoms with Gasteiger partial charge in [0.2, 0.25) is 5.91 Å². The largest absolute Gasteiger partial charge is 0.756 e. The minimum Gasteiger partial charge on any atom is -0.756 e. The van der Waals surface area contributed by atoms with Gasteiger partial charge in [-0.1, -0.05) is 142 Å². The number of aliphatic hydroxyl groups is 1. The average Bonchev–Trinajstić information content (AvgIpc) is 3.13. The minimum atomic E-state index is -4.59. The van der Waals surface area contributed by atoms with Gasteiger partial charge in [0.05, 0.1) is 39.9 Å². The second-order valence-electron chi connectivity index (χ2n) is 14.6. The molecule has 0 aliphatic rings. The van der Waals surface area contributed by atoms with Gasteiger partial charge in [-0.2, -0.15) is 0 Å². The third-order valence-corrected chi connectivity index (χ3v) is 9.20. The summed E-state index contributed by atoms with van der Waals surface area (Å²) in [5, 5.41) is 13.5. The summed E-state index contributed by atoms with van der Waals surface area (Å²) in [6.07, 6.45) is 53.2. The summed E-state index contributed by atoms with van der Waals surface area (Å²) < 4.78 is 23.0. The molecule has 0 heterocycles. The SMILES string of the molecule is CC/C=C\C/C=C\C/C=C\C/C=C\C/C=C\C/C=C\C/C=C\C/C=C\CCCCC(=O)NC(COP(=O)([O-])OCC[N+](C)(C)C)C(O)/C=C/CCCCCC. The van der Waals surface area contributed by atoms with E-state index in [2.05, 4.69) is 116 Å². The quantitative estimate of drug-likeness (QED) is 0.0287. The molecule has 0 aromatic carbocycles. The van der Waals surface area contributed by atoms with E-state index in [-0.39, 0.29) is 18.9 Å². The number of likely N-dealkylation sites (N-methyl/N-ethyl adjacent to an activating group) is 1. The van der Waals surface area contributed by atoms with E-state index in [0.29, 0.717) is 17.4 Å². The first-order valence-corrected chi connectivity index (χ1v) is 22.2. The van der Waals surface area contributed by atoms with Crippen LogP contribution in [0.5, 0.6) is 0 Å². The lowest BCUT2D eigenvalue weighted by Crippen LogP contribution is -2.45. The molecule has 0 aliphatic carbocycles. The summed E-state index contributed by atoms with van der Waals surface area (Å²) in [5.74, 6) is -0.253. The topological polar surface area (TPSA) is 108 Å². The van der Waals surface area contributed by atoms with Crippen molar-refractivity contribution in [3.8, 4) is 0 Å². The summed E-state index contributed by atoms with van der Waals surface area (Å²) in [5.41, 5.74) is 0.